The predicted octanol–water partition coefficient (Wildman–Crippen LogP) is 5.07. The summed E-state index contributed by atoms with van der Waals surface area (Å²) in [4.78, 5) is 123. The van der Waals surface area contributed by atoms with E-state index in [9.17, 15) is 53.7 Å². The lowest BCUT2D eigenvalue weighted by atomic mass is 9.45. The summed E-state index contributed by atoms with van der Waals surface area (Å²) in [5, 5.41) is 40.5. The maximum Gasteiger partial charge on any atom is 0.508 e. The van der Waals surface area contributed by atoms with E-state index >= 15 is 4.79 Å². The Balaban J connectivity index is 1.32. The van der Waals surface area contributed by atoms with Crippen molar-refractivity contribution in [2.75, 3.05) is 24.7 Å². The van der Waals surface area contributed by atoms with Gasteiger partial charge in [-0.2, -0.15) is 0 Å². The van der Waals surface area contributed by atoms with E-state index in [1.165, 1.54) is 46.8 Å². The zero-order valence-electron chi connectivity index (χ0n) is 43.8. The Morgan fingerprint density at radius 2 is 1.42 bits per heavy atom. The average molecular weight is 1120 g/mol. The lowest BCUT2D eigenvalue weighted by molar-refractivity contribution is -0.345. The molecule has 418 valence electrons. The first-order valence-corrected chi connectivity index (χ1v) is 27.5. The standard InChI is InChI=1S/C55H62N2O19S2/c1-29-37(73-50(67)42(61)41(33-17-11-8-12-18-33)57-47(63)34-19-13-9-14-20-34)26-55(69)46(75-49(66)35-21-15-10-16-22-35)44-53(7,45(62)43(72-31(3)59)40(29)52(55,5)6)38(25-39-54(44,28-71-39)76-32(4)60)74-51(68)70-23-24-77-78-27-36(48(64)65)56-30(2)58/h8-22,29,36-39,41-42,44,46,61,69H,23-28H2,1-7H3,(H,56,58)(H,57,63)(H,64,65)/t29?,36-,37-,38-,39+,41-,42+,44?,46-,53+,54-,55+/m0/s1. The Bertz CT molecular complexity index is 2820. The Labute approximate surface area is 457 Å². The zero-order chi connectivity index (χ0) is 56.9. The molecule has 2 bridgehead atoms. The fourth-order valence-corrected chi connectivity index (χ4v) is 13.2. The molecule has 3 fully saturated rings. The molecule has 0 aromatic heterocycles. The molecule has 0 radical (unpaired) electrons. The summed E-state index contributed by atoms with van der Waals surface area (Å²) in [5.74, 6) is -11.1. The molecule has 7 rings (SSSR count). The second-order valence-corrected chi connectivity index (χ2v) is 22.9. The Morgan fingerprint density at radius 3 is 1.99 bits per heavy atom. The van der Waals surface area contributed by atoms with Gasteiger partial charge in [0.05, 0.1) is 29.5 Å². The zero-order valence-corrected chi connectivity index (χ0v) is 45.4. The molecule has 1 aliphatic heterocycles. The number of hydrogen-bond donors (Lipinski definition) is 5. The number of Topliss-reactive ketones (excluding diaryl/α,β-unsaturated/α-hetero) is 1. The fourth-order valence-electron chi connectivity index (χ4n) is 11.2. The second kappa shape index (κ2) is 24.1. The van der Waals surface area contributed by atoms with Gasteiger partial charge in [0.2, 0.25) is 11.7 Å². The van der Waals surface area contributed by atoms with Gasteiger partial charge < -0.3 is 59.1 Å². The smallest absolute Gasteiger partial charge is 0.480 e. The van der Waals surface area contributed by atoms with Crippen LogP contribution in [0.3, 0.4) is 0 Å². The maximum atomic E-state index is 16.2. The number of aliphatic carboxylic acids is 1. The number of aliphatic hydroxyl groups excluding tert-OH is 1. The topological polar surface area (TPSA) is 303 Å². The summed E-state index contributed by atoms with van der Waals surface area (Å²) in [5.41, 5.74) is -8.15. The van der Waals surface area contributed by atoms with E-state index in [0.29, 0.717) is 5.56 Å². The molecule has 78 heavy (non-hydrogen) atoms. The van der Waals surface area contributed by atoms with Crippen molar-refractivity contribution >= 4 is 75.2 Å². The normalized spacial score (nSPS) is 27.9. The van der Waals surface area contributed by atoms with Crippen molar-refractivity contribution in [3.8, 4) is 0 Å². The Hall–Kier alpha value is -6.79. The van der Waals surface area contributed by atoms with E-state index in [0.717, 1.165) is 35.4 Å². The molecule has 21 nitrogen and oxygen atoms in total. The molecule has 3 aromatic carbocycles. The summed E-state index contributed by atoms with van der Waals surface area (Å²) >= 11 is 0. The molecule has 0 spiro atoms. The highest BCUT2D eigenvalue weighted by Crippen LogP contribution is 2.65. The molecule has 23 heteroatoms. The number of amides is 2. The number of carbonyl (C=O) groups excluding carboxylic acids is 8. The fraction of sp³-hybridized carbons (Fsp3) is 0.473. The van der Waals surface area contributed by atoms with Gasteiger partial charge in [-0.3, -0.25) is 24.0 Å². The first-order valence-electron chi connectivity index (χ1n) is 25.0. The number of aliphatic hydroxyl groups is 2. The van der Waals surface area contributed by atoms with Crippen LogP contribution in [0.5, 0.6) is 0 Å². The highest BCUT2D eigenvalue weighted by molar-refractivity contribution is 8.76. The molecule has 3 aromatic rings. The maximum absolute atomic E-state index is 16.2. The molecule has 2 amide bonds. The van der Waals surface area contributed by atoms with Crippen LogP contribution in [0.2, 0.25) is 0 Å². The molecule has 4 aliphatic rings. The third kappa shape index (κ3) is 11.8. The number of rotatable bonds is 19. The Morgan fingerprint density at radius 1 is 0.808 bits per heavy atom. The predicted molar refractivity (Wildman–Crippen MR) is 278 cm³/mol. The van der Waals surface area contributed by atoms with Gasteiger partial charge >= 0.3 is 36.0 Å². The molecular formula is C55H62N2O19S2. The largest absolute Gasteiger partial charge is 0.508 e. The number of esters is 4. The van der Waals surface area contributed by atoms with E-state index in [1.807, 2.05) is 0 Å². The minimum Gasteiger partial charge on any atom is -0.480 e. The van der Waals surface area contributed by atoms with E-state index in [4.69, 9.17) is 33.2 Å². The molecule has 1 saturated heterocycles. The van der Waals surface area contributed by atoms with Crippen molar-refractivity contribution in [2.45, 2.75) is 115 Å². The molecule has 3 aliphatic carbocycles. The Kier molecular flexibility index (Phi) is 18.2. The van der Waals surface area contributed by atoms with E-state index < -0.39 is 149 Å². The summed E-state index contributed by atoms with van der Waals surface area (Å²) in [6.45, 7) is 8.49. The first kappa shape index (κ1) is 58.9. The van der Waals surface area contributed by atoms with Gasteiger partial charge in [-0.05, 0) is 42.3 Å². The molecule has 12 atom stereocenters. The van der Waals surface area contributed by atoms with Crippen molar-refractivity contribution in [2.24, 2.45) is 22.7 Å². The first-order chi connectivity index (χ1) is 36.9. The number of ether oxygens (including phenoxy) is 7. The highest BCUT2D eigenvalue weighted by atomic mass is 33.1. The highest BCUT2D eigenvalue weighted by Gasteiger charge is 2.79. The van der Waals surface area contributed by atoms with Crippen molar-refractivity contribution in [1.82, 2.24) is 10.6 Å². The van der Waals surface area contributed by atoms with Gasteiger partial charge in [0, 0.05) is 62.0 Å². The number of carboxylic acid groups (broad SMARTS) is 1. The summed E-state index contributed by atoms with van der Waals surface area (Å²) in [7, 11) is 2.22. The van der Waals surface area contributed by atoms with Crippen molar-refractivity contribution in [1.29, 1.82) is 0 Å². The minimum atomic E-state index is -2.54. The van der Waals surface area contributed by atoms with E-state index in [2.05, 4.69) is 10.6 Å². The lowest BCUT2D eigenvalue weighted by Crippen LogP contribution is -2.81. The number of benzene rings is 3. The monoisotopic (exact) mass is 1120 g/mol. The van der Waals surface area contributed by atoms with Crippen LogP contribution >= 0.6 is 21.6 Å². The van der Waals surface area contributed by atoms with Crippen LogP contribution in [0.15, 0.2) is 102 Å². The van der Waals surface area contributed by atoms with Crippen molar-refractivity contribution < 1.29 is 91.6 Å². The van der Waals surface area contributed by atoms with Crippen molar-refractivity contribution in [3.63, 3.8) is 0 Å². The number of allylic oxidation sites excluding steroid dienone is 1. The van der Waals surface area contributed by atoms with Crippen LogP contribution in [0, 0.1) is 22.7 Å². The second-order valence-electron chi connectivity index (χ2n) is 20.3. The van der Waals surface area contributed by atoms with E-state index in [1.54, 1.807) is 78.9 Å². The van der Waals surface area contributed by atoms with Crippen LogP contribution < -0.4 is 10.6 Å². The number of carbonyl (C=O) groups is 9. The molecule has 5 N–H and O–H groups in total. The van der Waals surface area contributed by atoms with Crippen LogP contribution in [0.25, 0.3) is 0 Å². The lowest BCUT2D eigenvalue weighted by Gasteiger charge is -2.67. The third-order valence-corrected chi connectivity index (χ3v) is 17.4. The third-order valence-electron chi connectivity index (χ3n) is 15.1. The number of ketones is 1. The molecule has 1 heterocycles. The van der Waals surface area contributed by atoms with Gasteiger partial charge in [0.15, 0.2) is 17.5 Å². The minimum absolute atomic E-state index is 0.00935. The summed E-state index contributed by atoms with van der Waals surface area (Å²) < 4.78 is 42.4. The van der Waals surface area contributed by atoms with Crippen molar-refractivity contribution in [3.05, 3.63) is 119 Å². The number of hydrogen-bond acceptors (Lipinski definition) is 20. The van der Waals surface area contributed by atoms with Gasteiger partial charge in [-0.15, -0.1) is 0 Å². The van der Waals surface area contributed by atoms with Crippen LogP contribution in [0.4, 0.5) is 4.79 Å². The van der Waals surface area contributed by atoms with Gasteiger partial charge in [0.1, 0.15) is 42.7 Å². The van der Waals surface area contributed by atoms with Crippen LogP contribution in [-0.4, -0.2) is 141 Å². The van der Waals surface area contributed by atoms with Gasteiger partial charge in [0.25, 0.3) is 5.91 Å². The summed E-state index contributed by atoms with van der Waals surface area (Å²) in [6, 6.07) is 21.3. The quantitative estimate of drug-likeness (QED) is 0.0453. The average Bonchev–Trinajstić information content (AvgIpc) is 2.87. The van der Waals surface area contributed by atoms with Gasteiger partial charge in [-0.1, -0.05) is 109 Å². The molecular weight excluding hydrogens is 1060 g/mol. The van der Waals surface area contributed by atoms with E-state index in [-0.39, 0.29) is 41.2 Å². The molecule has 2 unspecified atom stereocenters. The number of fused-ring (bicyclic) bond motifs is 5. The number of carboxylic acids is 1. The van der Waals surface area contributed by atoms with Crippen LogP contribution in [-0.2, 0) is 61.9 Å². The number of nitrogens with one attached hydrogen (secondary N) is 2. The summed E-state index contributed by atoms with van der Waals surface area (Å²) in [6.07, 6.45) is -10.8. The van der Waals surface area contributed by atoms with Gasteiger partial charge in [-0.25, -0.2) is 19.2 Å². The SMILES string of the molecule is CC(=O)N[C@@H](CSSCCOC(=O)O[C@H]1C[C@H]2OC[C@@]2(OC(C)=O)C2[C@H](OC(=O)c3ccccc3)[C@]3(O)C[C@H](OC(=O)[C@H](O)[C@@H](NC(=O)c4ccccc4)c4ccccc4)C(C)C(=C(OC(C)=O)C(=O)[C@@]21C)C3(C)C)C(=O)O. The van der Waals surface area contributed by atoms with Crippen LogP contribution in [0.1, 0.15) is 93.6 Å². The molecule has 2 saturated carbocycles.